The minimum Gasteiger partial charge on any atom is -0.378 e. The van der Waals surface area contributed by atoms with E-state index in [-0.39, 0.29) is 18.1 Å². The number of carbonyl (C=O) groups excluding carboxylic acids is 1. The van der Waals surface area contributed by atoms with E-state index in [0.29, 0.717) is 30.9 Å². The van der Waals surface area contributed by atoms with Gasteiger partial charge < -0.3 is 19.9 Å². The smallest absolute Gasteiger partial charge is 0.251 e. The molecule has 2 rings (SSSR count). The predicted octanol–water partition coefficient (Wildman–Crippen LogP) is 1.34. The highest BCUT2D eigenvalue weighted by Gasteiger charge is 2.30. The SMILES string of the molecule is CCO[C@H]1COC[C@@H]1NC(=O)c1cccc(C#CC(C)(C)O)c1. The molecule has 23 heavy (non-hydrogen) atoms. The molecular weight excluding hydrogens is 294 g/mol. The van der Waals surface area contributed by atoms with Gasteiger partial charge in [0.25, 0.3) is 5.91 Å². The highest BCUT2D eigenvalue weighted by molar-refractivity contribution is 5.94. The average Bonchev–Trinajstić information content (AvgIpc) is 2.92. The predicted molar refractivity (Wildman–Crippen MR) is 87.1 cm³/mol. The van der Waals surface area contributed by atoms with E-state index in [9.17, 15) is 9.90 Å². The van der Waals surface area contributed by atoms with Crippen LogP contribution in [0.25, 0.3) is 0 Å². The fraction of sp³-hybridized carbons (Fsp3) is 0.500. The third kappa shape index (κ3) is 5.36. The maximum Gasteiger partial charge on any atom is 0.251 e. The summed E-state index contributed by atoms with van der Waals surface area (Å²) in [6.45, 7) is 6.68. The first-order valence-electron chi connectivity index (χ1n) is 7.75. The first-order chi connectivity index (χ1) is 10.9. The van der Waals surface area contributed by atoms with Crippen LogP contribution in [-0.4, -0.2) is 48.6 Å². The molecule has 5 heteroatoms. The summed E-state index contributed by atoms with van der Waals surface area (Å²) in [5.74, 6) is 5.43. The number of nitrogens with one attached hydrogen (secondary N) is 1. The molecule has 1 amide bonds. The zero-order valence-electron chi connectivity index (χ0n) is 13.8. The lowest BCUT2D eigenvalue weighted by Gasteiger charge is -2.18. The van der Waals surface area contributed by atoms with Crippen LogP contribution in [0.4, 0.5) is 0 Å². The van der Waals surface area contributed by atoms with Gasteiger partial charge in [0.05, 0.1) is 19.3 Å². The molecule has 1 aliphatic heterocycles. The Morgan fingerprint density at radius 1 is 1.48 bits per heavy atom. The molecule has 1 aromatic carbocycles. The van der Waals surface area contributed by atoms with E-state index >= 15 is 0 Å². The third-order valence-corrected chi connectivity index (χ3v) is 3.36. The topological polar surface area (TPSA) is 67.8 Å². The van der Waals surface area contributed by atoms with E-state index in [0.717, 1.165) is 0 Å². The Labute approximate surface area is 137 Å². The summed E-state index contributed by atoms with van der Waals surface area (Å²) < 4.78 is 10.9. The molecule has 2 N–H and O–H groups in total. The summed E-state index contributed by atoms with van der Waals surface area (Å²) in [4.78, 5) is 12.4. The van der Waals surface area contributed by atoms with Gasteiger partial charge in [-0.25, -0.2) is 0 Å². The van der Waals surface area contributed by atoms with Gasteiger partial charge in [-0.2, -0.15) is 0 Å². The molecule has 1 fully saturated rings. The van der Waals surface area contributed by atoms with Crippen molar-refractivity contribution in [3.05, 3.63) is 35.4 Å². The van der Waals surface area contributed by atoms with Crippen molar-refractivity contribution in [3.63, 3.8) is 0 Å². The van der Waals surface area contributed by atoms with Crippen molar-refractivity contribution in [2.45, 2.75) is 38.5 Å². The van der Waals surface area contributed by atoms with Gasteiger partial charge in [0.2, 0.25) is 0 Å². The van der Waals surface area contributed by atoms with Gasteiger partial charge in [0, 0.05) is 17.7 Å². The molecule has 0 saturated carbocycles. The van der Waals surface area contributed by atoms with E-state index < -0.39 is 5.60 Å². The van der Waals surface area contributed by atoms with Crippen LogP contribution in [0.3, 0.4) is 0 Å². The minimum absolute atomic E-state index is 0.109. The molecule has 1 saturated heterocycles. The summed E-state index contributed by atoms with van der Waals surface area (Å²) in [6, 6.07) is 6.87. The molecule has 0 radical (unpaired) electrons. The van der Waals surface area contributed by atoms with Crippen LogP contribution >= 0.6 is 0 Å². The van der Waals surface area contributed by atoms with Gasteiger partial charge >= 0.3 is 0 Å². The lowest BCUT2D eigenvalue weighted by atomic mass is 10.1. The zero-order valence-corrected chi connectivity index (χ0v) is 13.8. The maximum absolute atomic E-state index is 12.4. The summed E-state index contributed by atoms with van der Waals surface area (Å²) in [5.41, 5.74) is 0.142. The molecule has 1 aromatic rings. The minimum atomic E-state index is -1.07. The third-order valence-electron chi connectivity index (χ3n) is 3.36. The number of aliphatic hydroxyl groups is 1. The largest absolute Gasteiger partial charge is 0.378 e. The Morgan fingerprint density at radius 2 is 2.26 bits per heavy atom. The molecule has 1 aliphatic rings. The summed E-state index contributed by atoms with van der Waals surface area (Å²) in [6.07, 6.45) is -0.109. The van der Waals surface area contributed by atoms with Crippen molar-refractivity contribution in [2.24, 2.45) is 0 Å². The molecule has 0 aromatic heterocycles. The quantitative estimate of drug-likeness (QED) is 0.823. The first kappa shape index (κ1) is 17.5. The highest BCUT2D eigenvalue weighted by Crippen LogP contribution is 2.12. The van der Waals surface area contributed by atoms with Gasteiger partial charge in [-0.15, -0.1) is 0 Å². The fourth-order valence-electron chi connectivity index (χ4n) is 2.26. The van der Waals surface area contributed by atoms with Gasteiger partial charge in [-0.3, -0.25) is 4.79 Å². The summed E-state index contributed by atoms with van der Waals surface area (Å²) in [5, 5.41) is 12.6. The normalized spacial score (nSPS) is 20.7. The average molecular weight is 317 g/mol. The standard InChI is InChI=1S/C18H23NO4/c1-4-23-16-12-22-11-15(16)19-17(20)14-7-5-6-13(10-14)8-9-18(2,3)21/h5-7,10,15-16,21H,4,11-12H2,1-3H3,(H,19,20)/t15-,16-/m0/s1. The van der Waals surface area contributed by atoms with Crippen molar-refractivity contribution in [3.8, 4) is 11.8 Å². The Hall–Kier alpha value is -1.87. The second-order valence-corrected chi connectivity index (χ2v) is 6.00. The number of hydrogen-bond acceptors (Lipinski definition) is 4. The lowest BCUT2D eigenvalue weighted by molar-refractivity contribution is 0.0402. The van der Waals surface area contributed by atoms with Crippen LogP contribution in [0.2, 0.25) is 0 Å². The summed E-state index contributed by atoms with van der Waals surface area (Å²) in [7, 11) is 0. The van der Waals surface area contributed by atoms with Crippen LogP contribution in [0.1, 0.15) is 36.7 Å². The number of benzene rings is 1. The van der Waals surface area contributed by atoms with E-state index in [1.807, 2.05) is 6.92 Å². The molecular formula is C18H23NO4. The van der Waals surface area contributed by atoms with Crippen LogP contribution in [0, 0.1) is 11.8 Å². The number of ether oxygens (including phenoxy) is 2. The monoisotopic (exact) mass is 317 g/mol. The van der Waals surface area contributed by atoms with E-state index in [2.05, 4.69) is 17.2 Å². The van der Waals surface area contributed by atoms with Gasteiger partial charge in [0.1, 0.15) is 11.7 Å². The van der Waals surface area contributed by atoms with Crippen LogP contribution in [0.15, 0.2) is 24.3 Å². The fourth-order valence-corrected chi connectivity index (χ4v) is 2.26. The van der Waals surface area contributed by atoms with Crippen molar-refractivity contribution in [2.75, 3.05) is 19.8 Å². The zero-order chi connectivity index (χ0) is 16.9. The van der Waals surface area contributed by atoms with E-state index in [4.69, 9.17) is 9.47 Å². The summed E-state index contributed by atoms with van der Waals surface area (Å²) >= 11 is 0. The van der Waals surface area contributed by atoms with E-state index in [1.165, 1.54) is 0 Å². The molecule has 0 spiro atoms. The molecule has 0 unspecified atom stereocenters. The molecule has 2 atom stereocenters. The molecule has 124 valence electrons. The Bertz CT molecular complexity index is 609. The van der Waals surface area contributed by atoms with Crippen molar-refractivity contribution in [1.82, 2.24) is 5.32 Å². The van der Waals surface area contributed by atoms with Crippen LogP contribution < -0.4 is 5.32 Å². The Kier molecular flexibility index (Phi) is 5.78. The highest BCUT2D eigenvalue weighted by atomic mass is 16.5. The molecule has 1 heterocycles. The number of hydrogen-bond donors (Lipinski definition) is 2. The van der Waals surface area contributed by atoms with E-state index in [1.54, 1.807) is 38.1 Å². The van der Waals surface area contributed by atoms with Crippen molar-refractivity contribution < 1.29 is 19.4 Å². The maximum atomic E-state index is 12.4. The molecule has 0 aliphatic carbocycles. The molecule has 5 nitrogen and oxygen atoms in total. The second kappa shape index (κ2) is 7.60. The lowest BCUT2D eigenvalue weighted by Crippen LogP contribution is -2.43. The van der Waals surface area contributed by atoms with Crippen LogP contribution in [-0.2, 0) is 9.47 Å². The molecule has 0 bridgehead atoms. The van der Waals surface area contributed by atoms with Gasteiger partial charge in [-0.1, -0.05) is 17.9 Å². The van der Waals surface area contributed by atoms with Crippen LogP contribution in [0.5, 0.6) is 0 Å². The van der Waals surface area contributed by atoms with Gasteiger partial charge in [-0.05, 0) is 39.0 Å². The van der Waals surface area contributed by atoms with Crippen molar-refractivity contribution >= 4 is 5.91 Å². The number of rotatable bonds is 4. The Balaban J connectivity index is 2.06. The number of carbonyl (C=O) groups is 1. The Morgan fingerprint density at radius 3 is 2.96 bits per heavy atom. The van der Waals surface area contributed by atoms with Crippen molar-refractivity contribution in [1.29, 1.82) is 0 Å². The second-order valence-electron chi connectivity index (χ2n) is 6.00. The van der Waals surface area contributed by atoms with Gasteiger partial charge in [0.15, 0.2) is 0 Å². The number of amides is 1. The first-order valence-corrected chi connectivity index (χ1v) is 7.75.